The fourth-order valence-electron chi connectivity index (χ4n) is 2.40. The van der Waals surface area contributed by atoms with Crippen LogP contribution in [0.2, 0.25) is 0 Å². The van der Waals surface area contributed by atoms with Crippen molar-refractivity contribution in [3.8, 4) is 0 Å². The van der Waals surface area contributed by atoms with Gasteiger partial charge in [0.1, 0.15) is 11.9 Å². The Hall–Kier alpha value is -1.43. The number of nitrogens with zero attached hydrogens (tertiary/aromatic N) is 3. The second-order valence-electron chi connectivity index (χ2n) is 6.08. The van der Waals surface area contributed by atoms with E-state index < -0.39 is 6.10 Å². The van der Waals surface area contributed by atoms with E-state index in [4.69, 9.17) is 4.74 Å². The Morgan fingerprint density at radius 3 is 2.86 bits per heavy atom. The summed E-state index contributed by atoms with van der Waals surface area (Å²) in [5, 5.41) is 11.3. The molecule has 6 heteroatoms. The van der Waals surface area contributed by atoms with Gasteiger partial charge in [0, 0.05) is 19.6 Å². The van der Waals surface area contributed by atoms with Gasteiger partial charge in [-0.25, -0.2) is 0 Å². The van der Waals surface area contributed by atoms with Crippen molar-refractivity contribution in [2.24, 2.45) is 5.92 Å². The predicted molar refractivity (Wildman–Crippen MR) is 79.7 cm³/mol. The first kappa shape index (κ1) is 15.9. The summed E-state index contributed by atoms with van der Waals surface area (Å²) in [4.78, 5) is 12.0. The van der Waals surface area contributed by atoms with Gasteiger partial charge in [0.15, 0.2) is 5.82 Å². The van der Waals surface area contributed by atoms with Crippen LogP contribution in [0, 0.1) is 5.92 Å². The van der Waals surface area contributed by atoms with Gasteiger partial charge in [-0.15, -0.1) is 10.2 Å². The molecule has 1 atom stereocenters. The van der Waals surface area contributed by atoms with Gasteiger partial charge in [-0.2, -0.15) is 0 Å². The van der Waals surface area contributed by atoms with E-state index in [1.165, 1.54) is 12.8 Å². The Labute approximate surface area is 126 Å². The van der Waals surface area contributed by atoms with Gasteiger partial charge in [-0.1, -0.05) is 20.3 Å². The molecule has 1 amide bonds. The number of nitrogens with one attached hydrogen (secondary N) is 1. The lowest BCUT2D eigenvalue weighted by Gasteiger charge is -2.15. The van der Waals surface area contributed by atoms with Crippen LogP contribution in [0.4, 0.5) is 0 Å². The van der Waals surface area contributed by atoms with Crippen molar-refractivity contribution >= 4 is 5.91 Å². The Kier molecular flexibility index (Phi) is 5.73. The van der Waals surface area contributed by atoms with Crippen LogP contribution < -0.4 is 5.32 Å². The number of carbonyl (C=O) groups excluding carboxylic acids is 1. The van der Waals surface area contributed by atoms with Crippen LogP contribution in [0.25, 0.3) is 0 Å². The van der Waals surface area contributed by atoms with Crippen LogP contribution >= 0.6 is 0 Å². The molecular weight excluding hydrogens is 268 g/mol. The smallest absolute Gasteiger partial charge is 0.249 e. The van der Waals surface area contributed by atoms with Crippen molar-refractivity contribution in [1.82, 2.24) is 20.1 Å². The molecule has 1 N–H and O–H groups in total. The largest absolute Gasteiger partial charge is 0.368 e. The highest BCUT2D eigenvalue weighted by Gasteiger charge is 2.17. The second kappa shape index (κ2) is 7.54. The summed E-state index contributed by atoms with van der Waals surface area (Å²) in [5.41, 5.74) is 0. The van der Waals surface area contributed by atoms with Crippen LogP contribution in [0.1, 0.15) is 51.7 Å². The third-order valence-electron chi connectivity index (χ3n) is 3.66. The molecule has 0 spiro atoms. The summed E-state index contributed by atoms with van der Waals surface area (Å²) >= 11 is 0. The van der Waals surface area contributed by atoms with E-state index in [1.54, 1.807) is 6.92 Å². The standard InChI is InChI=1S/C15H26N4O2/c1-11(2)10-21-12(3)15(20)16-9-14-18-17-13-7-5-4-6-8-19(13)14/h11-12H,4-10H2,1-3H3,(H,16,20)/t12-/m1/s1. The fraction of sp³-hybridized carbons (Fsp3) is 0.800. The van der Waals surface area contributed by atoms with Gasteiger partial charge in [0.25, 0.3) is 0 Å². The molecule has 0 saturated heterocycles. The van der Waals surface area contributed by atoms with Crippen LogP contribution in [0.15, 0.2) is 0 Å². The molecule has 0 unspecified atom stereocenters. The third kappa shape index (κ3) is 4.52. The van der Waals surface area contributed by atoms with E-state index in [1.807, 2.05) is 0 Å². The van der Waals surface area contributed by atoms with Crippen molar-refractivity contribution in [1.29, 1.82) is 0 Å². The fourth-order valence-corrected chi connectivity index (χ4v) is 2.40. The molecule has 0 aromatic carbocycles. The zero-order valence-corrected chi connectivity index (χ0v) is 13.3. The molecule has 0 bridgehead atoms. The Bertz CT molecular complexity index is 470. The van der Waals surface area contributed by atoms with Gasteiger partial charge in [-0.3, -0.25) is 4.79 Å². The molecule has 1 aliphatic heterocycles. The minimum atomic E-state index is -0.432. The van der Waals surface area contributed by atoms with Crippen molar-refractivity contribution in [3.05, 3.63) is 11.6 Å². The monoisotopic (exact) mass is 294 g/mol. The number of hydrogen-bond donors (Lipinski definition) is 1. The molecule has 1 aromatic rings. The first-order valence-corrected chi connectivity index (χ1v) is 7.88. The molecule has 118 valence electrons. The summed E-state index contributed by atoms with van der Waals surface area (Å²) in [7, 11) is 0. The summed E-state index contributed by atoms with van der Waals surface area (Å²) in [5.74, 6) is 2.21. The number of aromatic nitrogens is 3. The third-order valence-corrected chi connectivity index (χ3v) is 3.66. The molecule has 0 aliphatic carbocycles. The van der Waals surface area contributed by atoms with E-state index in [2.05, 4.69) is 33.9 Å². The number of rotatable bonds is 6. The maximum absolute atomic E-state index is 12.0. The van der Waals surface area contributed by atoms with Crippen molar-refractivity contribution in [3.63, 3.8) is 0 Å². The zero-order valence-electron chi connectivity index (χ0n) is 13.3. The second-order valence-corrected chi connectivity index (χ2v) is 6.08. The minimum absolute atomic E-state index is 0.0957. The van der Waals surface area contributed by atoms with Crippen LogP contribution in [-0.4, -0.2) is 33.4 Å². The normalized spacial score (nSPS) is 16.4. The number of amides is 1. The van der Waals surface area contributed by atoms with Crippen molar-refractivity contribution < 1.29 is 9.53 Å². The summed E-state index contributed by atoms with van der Waals surface area (Å²) in [6.45, 7) is 7.87. The van der Waals surface area contributed by atoms with Crippen molar-refractivity contribution in [2.45, 2.75) is 65.6 Å². The number of carbonyl (C=O) groups is 1. The topological polar surface area (TPSA) is 69.0 Å². The highest BCUT2D eigenvalue weighted by atomic mass is 16.5. The summed E-state index contributed by atoms with van der Waals surface area (Å²) in [6, 6.07) is 0. The number of fused-ring (bicyclic) bond motifs is 1. The zero-order chi connectivity index (χ0) is 15.2. The molecule has 2 rings (SSSR count). The Morgan fingerprint density at radius 1 is 1.29 bits per heavy atom. The highest BCUT2D eigenvalue weighted by molar-refractivity contribution is 5.80. The van der Waals surface area contributed by atoms with E-state index in [0.29, 0.717) is 19.1 Å². The average Bonchev–Trinajstić information content (AvgIpc) is 2.69. The quantitative estimate of drug-likeness (QED) is 0.866. The molecule has 0 fully saturated rings. The van der Waals surface area contributed by atoms with E-state index >= 15 is 0 Å². The van der Waals surface area contributed by atoms with Crippen LogP contribution in [-0.2, 0) is 29.0 Å². The van der Waals surface area contributed by atoms with E-state index in [9.17, 15) is 4.79 Å². The first-order chi connectivity index (χ1) is 10.1. The molecule has 2 heterocycles. The van der Waals surface area contributed by atoms with Gasteiger partial charge < -0.3 is 14.6 Å². The predicted octanol–water partition coefficient (Wildman–Crippen LogP) is 1.68. The van der Waals surface area contributed by atoms with Gasteiger partial charge >= 0.3 is 0 Å². The number of ether oxygens (including phenoxy) is 1. The molecular formula is C15H26N4O2. The lowest BCUT2D eigenvalue weighted by Crippen LogP contribution is -2.35. The lowest BCUT2D eigenvalue weighted by molar-refractivity contribution is -0.132. The summed E-state index contributed by atoms with van der Waals surface area (Å²) < 4.78 is 7.66. The molecule has 0 saturated carbocycles. The molecule has 1 aromatic heterocycles. The summed E-state index contributed by atoms with van der Waals surface area (Å²) in [6.07, 6.45) is 4.10. The van der Waals surface area contributed by atoms with Crippen LogP contribution in [0.5, 0.6) is 0 Å². The average molecular weight is 294 g/mol. The molecule has 21 heavy (non-hydrogen) atoms. The molecule has 6 nitrogen and oxygen atoms in total. The maximum atomic E-state index is 12.0. The highest BCUT2D eigenvalue weighted by Crippen LogP contribution is 2.14. The number of aryl methyl sites for hydroxylation is 1. The Balaban J connectivity index is 1.85. The maximum Gasteiger partial charge on any atom is 0.249 e. The van der Waals surface area contributed by atoms with Gasteiger partial charge in [0.05, 0.1) is 6.54 Å². The van der Waals surface area contributed by atoms with Gasteiger partial charge in [0.2, 0.25) is 5.91 Å². The SMILES string of the molecule is CC(C)CO[C@H](C)C(=O)NCc1nnc2n1CCCCC2. The van der Waals surface area contributed by atoms with Gasteiger partial charge in [-0.05, 0) is 25.7 Å². The van der Waals surface area contributed by atoms with E-state index in [0.717, 1.165) is 31.0 Å². The Morgan fingerprint density at radius 2 is 2.10 bits per heavy atom. The lowest BCUT2D eigenvalue weighted by atomic mass is 10.2. The number of hydrogen-bond acceptors (Lipinski definition) is 4. The van der Waals surface area contributed by atoms with Crippen LogP contribution in [0.3, 0.4) is 0 Å². The van der Waals surface area contributed by atoms with E-state index in [-0.39, 0.29) is 5.91 Å². The molecule has 1 aliphatic rings. The minimum Gasteiger partial charge on any atom is -0.368 e. The van der Waals surface area contributed by atoms with Crippen molar-refractivity contribution in [2.75, 3.05) is 6.61 Å². The molecule has 0 radical (unpaired) electrons. The first-order valence-electron chi connectivity index (χ1n) is 7.88.